The lowest BCUT2D eigenvalue weighted by Gasteiger charge is -2.35. The Bertz CT molecular complexity index is 369. The lowest BCUT2D eigenvalue weighted by molar-refractivity contribution is 0.314. The number of hydrogen-bond acceptors (Lipinski definition) is 2. The molecule has 100 valence electrons. The van der Waals surface area contributed by atoms with Crippen molar-refractivity contribution in [2.75, 3.05) is 6.54 Å². The van der Waals surface area contributed by atoms with Gasteiger partial charge < -0.3 is 11.1 Å². The highest BCUT2D eigenvalue weighted by molar-refractivity contribution is 5.28. The van der Waals surface area contributed by atoms with Crippen molar-refractivity contribution in [3.05, 3.63) is 35.4 Å². The number of piperidine rings is 1. The lowest BCUT2D eigenvalue weighted by atomic mass is 9.81. The second-order valence-corrected chi connectivity index (χ2v) is 5.85. The Labute approximate surface area is 111 Å². The lowest BCUT2D eigenvalue weighted by Crippen LogP contribution is -2.49. The fourth-order valence-corrected chi connectivity index (χ4v) is 2.94. The third-order valence-electron chi connectivity index (χ3n) is 4.16. The van der Waals surface area contributed by atoms with E-state index in [9.17, 15) is 0 Å². The maximum absolute atomic E-state index is 6.10. The molecule has 2 rings (SSSR count). The maximum Gasteiger partial charge on any atom is 0.0171 e. The Hall–Kier alpha value is -0.860. The Balaban J connectivity index is 2.17. The SMILES string of the molecule is CCC1NCC(N)CC1c1ccc(C(C)C)cc1. The summed E-state index contributed by atoms with van der Waals surface area (Å²) < 4.78 is 0. The normalized spacial score (nSPS) is 28.6. The Morgan fingerprint density at radius 2 is 1.94 bits per heavy atom. The topological polar surface area (TPSA) is 38.0 Å². The van der Waals surface area contributed by atoms with Gasteiger partial charge in [0.05, 0.1) is 0 Å². The molecule has 0 spiro atoms. The zero-order chi connectivity index (χ0) is 13.1. The van der Waals surface area contributed by atoms with Crippen LogP contribution in [0.5, 0.6) is 0 Å². The number of benzene rings is 1. The largest absolute Gasteiger partial charge is 0.327 e. The number of nitrogens with two attached hydrogens (primary N) is 1. The second-order valence-electron chi connectivity index (χ2n) is 5.85. The van der Waals surface area contributed by atoms with E-state index < -0.39 is 0 Å². The van der Waals surface area contributed by atoms with E-state index in [1.165, 1.54) is 17.5 Å². The van der Waals surface area contributed by atoms with Gasteiger partial charge in [0.15, 0.2) is 0 Å². The van der Waals surface area contributed by atoms with E-state index in [2.05, 4.69) is 50.4 Å². The standard InChI is InChI=1S/C16H26N2/c1-4-16-15(9-14(17)10-18-16)13-7-5-12(6-8-13)11(2)3/h5-8,11,14-16,18H,4,9-10,17H2,1-3H3. The van der Waals surface area contributed by atoms with Crippen molar-refractivity contribution in [3.63, 3.8) is 0 Å². The molecule has 1 aromatic carbocycles. The molecule has 3 atom stereocenters. The maximum atomic E-state index is 6.10. The average molecular weight is 246 g/mol. The molecule has 3 unspecified atom stereocenters. The molecule has 0 radical (unpaired) electrons. The summed E-state index contributed by atoms with van der Waals surface area (Å²) in [6.45, 7) is 7.69. The van der Waals surface area contributed by atoms with Gasteiger partial charge in [-0.1, -0.05) is 45.0 Å². The van der Waals surface area contributed by atoms with Gasteiger partial charge in [-0.2, -0.15) is 0 Å². The minimum absolute atomic E-state index is 0.294. The minimum atomic E-state index is 0.294. The quantitative estimate of drug-likeness (QED) is 0.860. The second kappa shape index (κ2) is 5.85. The molecule has 3 N–H and O–H groups in total. The zero-order valence-corrected chi connectivity index (χ0v) is 11.8. The van der Waals surface area contributed by atoms with Crippen molar-refractivity contribution in [3.8, 4) is 0 Å². The van der Waals surface area contributed by atoms with Gasteiger partial charge in [-0.3, -0.25) is 0 Å². The Morgan fingerprint density at radius 1 is 1.28 bits per heavy atom. The molecule has 2 nitrogen and oxygen atoms in total. The Morgan fingerprint density at radius 3 is 2.50 bits per heavy atom. The van der Waals surface area contributed by atoms with Crippen LogP contribution in [0.15, 0.2) is 24.3 Å². The summed E-state index contributed by atoms with van der Waals surface area (Å²) in [5, 5.41) is 3.58. The van der Waals surface area contributed by atoms with Crippen LogP contribution in [-0.4, -0.2) is 18.6 Å². The van der Waals surface area contributed by atoms with Crippen LogP contribution in [0.3, 0.4) is 0 Å². The minimum Gasteiger partial charge on any atom is -0.327 e. The number of nitrogens with one attached hydrogen (secondary N) is 1. The summed E-state index contributed by atoms with van der Waals surface area (Å²) in [6, 6.07) is 10.0. The van der Waals surface area contributed by atoms with Gasteiger partial charge in [0.2, 0.25) is 0 Å². The van der Waals surface area contributed by atoms with E-state index in [4.69, 9.17) is 5.73 Å². The van der Waals surface area contributed by atoms with Gasteiger partial charge >= 0.3 is 0 Å². The van der Waals surface area contributed by atoms with Crippen LogP contribution in [-0.2, 0) is 0 Å². The van der Waals surface area contributed by atoms with Crippen molar-refractivity contribution < 1.29 is 0 Å². The van der Waals surface area contributed by atoms with Crippen molar-refractivity contribution >= 4 is 0 Å². The van der Waals surface area contributed by atoms with Crippen molar-refractivity contribution in [1.82, 2.24) is 5.32 Å². The number of rotatable bonds is 3. The first-order valence-electron chi connectivity index (χ1n) is 7.20. The molecule has 1 aliphatic heterocycles. The number of hydrogen-bond donors (Lipinski definition) is 2. The zero-order valence-electron chi connectivity index (χ0n) is 11.8. The van der Waals surface area contributed by atoms with Gasteiger partial charge in [-0.15, -0.1) is 0 Å². The van der Waals surface area contributed by atoms with E-state index in [1.54, 1.807) is 0 Å². The van der Waals surface area contributed by atoms with Crippen LogP contribution in [0.4, 0.5) is 0 Å². The first-order valence-corrected chi connectivity index (χ1v) is 7.20. The fraction of sp³-hybridized carbons (Fsp3) is 0.625. The van der Waals surface area contributed by atoms with Gasteiger partial charge in [0.25, 0.3) is 0 Å². The van der Waals surface area contributed by atoms with Gasteiger partial charge in [0, 0.05) is 24.5 Å². The van der Waals surface area contributed by atoms with Crippen LogP contribution < -0.4 is 11.1 Å². The summed E-state index contributed by atoms with van der Waals surface area (Å²) in [5.41, 5.74) is 8.95. The van der Waals surface area contributed by atoms with Crippen LogP contribution in [0, 0.1) is 0 Å². The van der Waals surface area contributed by atoms with Crippen LogP contribution >= 0.6 is 0 Å². The third kappa shape index (κ3) is 2.93. The van der Waals surface area contributed by atoms with Gasteiger partial charge in [-0.25, -0.2) is 0 Å². The summed E-state index contributed by atoms with van der Waals surface area (Å²) in [6.07, 6.45) is 2.27. The third-order valence-corrected chi connectivity index (χ3v) is 4.16. The van der Waals surface area contributed by atoms with Crippen molar-refractivity contribution in [2.24, 2.45) is 5.73 Å². The van der Waals surface area contributed by atoms with E-state index >= 15 is 0 Å². The van der Waals surface area contributed by atoms with Crippen LogP contribution in [0.1, 0.15) is 56.6 Å². The van der Waals surface area contributed by atoms with E-state index in [0.29, 0.717) is 23.9 Å². The molecule has 1 fully saturated rings. The predicted octanol–water partition coefficient (Wildman–Crippen LogP) is 2.99. The van der Waals surface area contributed by atoms with Gasteiger partial charge in [-0.05, 0) is 29.9 Å². The molecule has 0 aliphatic carbocycles. The molecule has 0 bridgehead atoms. The monoisotopic (exact) mass is 246 g/mol. The molecule has 1 heterocycles. The first-order chi connectivity index (χ1) is 8.61. The average Bonchev–Trinajstić information content (AvgIpc) is 2.39. The molecule has 0 saturated carbocycles. The summed E-state index contributed by atoms with van der Waals surface area (Å²) in [4.78, 5) is 0. The van der Waals surface area contributed by atoms with E-state index in [1.807, 2.05) is 0 Å². The van der Waals surface area contributed by atoms with Crippen LogP contribution in [0.2, 0.25) is 0 Å². The highest BCUT2D eigenvalue weighted by atomic mass is 15.0. The van der Waals surface area contributed by atoms with Crippen LogP contribution in [0.25, 0.3) is 0 Å². The molecule has 0 amide bonds. The molecule has 1 saturated heterocycles. The smallest absolute Gasteiger partial charge is 0.0171 e. The summed E-state index contributed by atoms with van der Waals surface area (Å²) >= 11 is 0. The van der Waals surface area contributed by atoms with Gasteiger partial charge in [0.1, 0.15) is 0 Å². The molecular weight excluding hydrogens is 220 g/mol. The summed E-state index contributed by atoms with van der Waals surface area (Å²) in [7, 11) is 0. The molecule has 1 aliphatic rings. The molecular formula is C16H26N2. The van der Waals surface area contributed by atoms with Crippen molar-refractivity contribution in [1.29, 1.82) is 0 Å². The molecule has 0 aromatic heterocycles. The predicted molar refractivity (Wildman–Crippen MR) is 77.9 cm³/mol. The van der Waals surface area contributed by atoms with E-state index in [-0.39, 0.29) is 0 Å². The molecule has 2 heteroatoms. The van der Waals surface area contributed by atoms with E-state index in [0.717, 1.165) is 13.0 Å². The fourth-order valence-electron chi connectivity index (χ4n) is 2.94. The molecule has 1 aromatic rings. The highest BCUT2D eigenvalue weighted by Gasteiger charge is 2.28. The Kier molecular flexibility index (Phi) is 4.41. The first kappa shape index (κ1) is 13.6. The van der Waals surface area contributed by atoms with Crippen molar-refractivity contribution in [2.45, 2.75) is 57.5 Å². The highest BCUT2D eigenvalue weighted by Crippen LogP contribution is 2.30. The summed E-state index contributed by atoms with van der Waals surface area (Å²) in [5.74, 6) is 1.17. The molecule has 18 heavy (non-hydrogen) atoms.